The Kier molecular flexibility index (Phi) is 7.61. The van der Waals surface area contributed by atoms with Crippen molar-refractivity contribution in [3.63, 3.8) is 0 Å². The van der Waals surface area contributed by atoms with Crippen LogP contribution in [0.5, 0.6) is 11.5 Å². The third kappa shape index (κ3) is 4.50. The van der Waals surface area contributed by atoms with Crippen molar-refractivity contribution in [1.82, 2.24) is 0 Å². The Bertz CT molecular complexity index is 519. The molecule has 23 heavy (non-hydrogen) atoms. The molecule has 1 aliphatic rings. The van der Waals surface area contributed by atoms with E-state index in [0.29, 0.717) is 56.4 Å². The van der Waals surface area contributed by atoms with E-state index in [4.69, 9.17) is 19.9 Å². The highest BCUT2D eigenvalue weighted by molar-refractivity contribution is 5.95. The number of carbonyl (C=O) groups excluding carboxylic acids is 1. The summed E-state index contributed by atoms with van der Waals surface area (Å²) in [5, 5.41) is 2.94. The topological polar surface area (TPSA) is 82.8 Å². The Morgan fingerprint density at radius 2 is 2.04 bits per heavy atom. The molecular formula is C16H25ClN2O4. The van der Waals surface area contributed by atoms with Gasteiger partial charge in [0.15, 0.2) is 11.5 Å². The van der Waals surface area contributed by atoms with Crippen molar-refractivity contribution >= 4 is 24.0 Å². The lowest BCUT2D eigenvalue weighted by Crippen LogP contribution is -2.46. The predicted molar refractivity (Wildman–Crippen MR) is 91.6 cm³/mol. The fourth-order valence-electron chi connectivity index (χ4n) is 2.57. The maximum atomic E-state index is 12.6. The fourth-order valence-corrected chi connectivity index (χ4v) is 2.57. The molecule has 6 nitrogen and oxygen atoms in total. The SMILES string of the molecule is CCOc1ccc(NC(=O)C2(CN)CCOCC2)cc1OC.Cl. The zero-order valence-corrected chi connectivity index (χ0v) is 14.4. The van der Waals surface area contributed by atoms with Crippen LogP contribution in [0.2, 0.25) is 0 Å². The number of hydrogen-bond donors (Lipinski definition) is 2. The molecule has 0 unspecified atom stereocenters. The van der Waals surface area contributed by atoms with Gasteiger partial charge in [0.25, 0.3) is 0 Å². The van der Waals surface area contributed by atoms with Crippen LogP contribution in [0, 0.1) is 5.41 Å². The number of anilines is 1. The van der Waals surface area contributed by atoms with Gasteiger partial charge in [0, 0.05) is 31.5 Å². The van der Waals surface area contributed by atoms with Gasteiger partial charge in [-0.1, -0.05) is 0 Å². The number of halogens is 1. The molecule has 3 N–H and O–H groups in total. The van der Waals surface area contributed by atoms with Gasteiger partial charge < -0.3 is 25.3 Å². The van der Waals surface area contributed by atoms with Crippen LogP contribution >= 0.6 is 12.4 Å². The number of amides is 1. The van der Waals surface area contributed by atoms with Crippen LogP contribution in [0.25, 0.3) is 0 Å². The molecule has 0 radical (unpaired) electrons. The van der Waals surface area contributed by atoms with E-state index in [9.17, 15) is 4.79 Å². The standard InChI is InChI=1S/C16H24N2O4.ClH/c1-3-22-13-5-4-12(10-14(13)20-2)18-15(19)16(11-17)6-8-21-9-7-16;/h4-5,10H,3,6-9,11,17H2,1-2H3,(H,18,19);1H. The van der Waals surface area contributed by atoms with E-state index in [1.165, 1.54) is 0 Å². The number of ether oxygens (including phenoxy) is 3. The lowest BCUT2D eigenvalue weighted by molar-refractivity contribution is -0.130. The van der Waals surface area contributed by atoms with Gasteiger partial charge in [0.05, 0.1) is 19.1 Å². The first-order valence-corrected chi connectivity index (χ1v) is 7.55. The number of hydrogen-bond acceptors (Lipinski definition) is 5. The van der Waals surface area contributed by atoms with Gasteiger partial charge in [0.1, 0.15) is 0 Å². The molecular weight excluding hydrogens is 320 g/mol. The van der Waals surface area contributed by atoms with E-state index in [-0.39, 0.29) is 18.3 Å². The summed E-state index contributed by atoms with van der Waals surface area (Å²) in [5.41, 5.74) is 5.97. The van der Waals surface area contributed by atoms with Crippen molar-refractivity contribution in [2.24, 2.45) is 11.1 Å². The van der Waals surface area contributed by atoms with Gasteiger partial charge in [-0.15, -0.1) is 12.4 Å². The number of benzene rings is 1. The first-order chi connectivity index (χ1) is 10.6. The summed E-state index contributed by atoms with van der Waals surface area (Å²) in [4.78, 5) is 12.6. The molecule has 1 saturated heterocycles. The van der Waals surface area contributed by atoms with Crippen molar-refractivity contribution in [2.45, 2.75) is 19.8 Å². The van der Waals surface area contributed by atoms with Gasteiger partial charge in [-0.3, -0.25) is 4.79 Å². The number of nitrogens with one attached hydrogen (secondary N) is 1. The van der Waals surface area contributed by atoms with Crippen LogP contribution in [0.4, 0.5) is 5.69 Å². The molecule has 2 rings (SSSR count). The zero-order valence-electron chi connectivity index (χ0n) is 13.6. The normalized spacial score (nSPS) is 16.1. The van der Waals surface area contributed by atoms with Crippen molar-refractivity contribution in [3.8, 4) is 11.5 Å². The number of carbonyl (C=O) groups is 1. The summed E-state index contributed by atoms with van der Waals surface area (Å²) in [7, 11) is 1.57. The molecule has 0 aromatic heterocycles. The van der Waals surface area contributed by atoms with Crippen LogP contribution in [-0.2, 0) is 9.53 Å². The first-order valence-electron chi connectivity index (χ1n) is 7.55. The van der Waals surface area contributed by atoms with Crippen molar-refractivity contribution in [3.05, 3.63) is 18.2 Å². The Hall–Kier alpha value is -1.50. The molecule has 7 heteroatoms. The number of methoxy groups -OCH3 is 1. The quantitative estimate of drug-likeness (QED) is 0.826. The highest BCUT2D eigenvalue weighted by Crippen LogP contribution is 2.33. The third-order valence-corrected chi connectivity index (χ3v) is 4.04. The van der Waals surface area contributed by atoms with E-state index in [2.05, 4.69) is 5.32 Å². The van der Waals surface area contributed by atoms with Crippen molar-refractivity contribution in [1.29, 1.82) is 0 Å². The van der Waals surface area contributed by atoms with Gasteiger partial charge in [0.2, 0.25) is 5.91 Å². The fraction of sp³-hybridized carbons (Fsp3) is 0.562. The molecule has 1 aromatic rings. The van der Waals surface area contributed by atoms with Gasteiger partial charge in [-0.2, -0.15) is 0 Å². The van der Waals surface area contributed by atoms with Crippen LogP contribution in [-0.4, -0.2) is 39.4 Å². The van der Waals surface area contributed by atoms with E-state index in [0.717, 1.165) is 0 Å². The van der Waals surface area contributed by atoms with Crippen molar-refractivity contribution in [2.75, 3.05) is 38.8 Å². The highest BCUT2D eigenvalue weighted by atomic mass is 35.5. The largest absolute Gasteiger partial charge is 0.493 e. The van der Waals surface area contributed by atoms with Gasteiger partial charge >= 0.3 is 0 Å². The van der Waals surface area contributed by atoms with Crippen molar-refractivity contribution < 1.29 is 19.0 Å². The average Bonchev–Trinajstić information content (AvgIpc) is 2.57. The Morgan fingerprint density at radius 1 is 1.35 bits per heavy atom. The summed E-state index contributed by atoms with van der Waals surface area (Å²) < 4.78 is 16.1. The molecule has 1 aromatic carbocycles. The lowest BCUT2D eigenvalue weighted by Gasteiger charge is -2.34. The Balaban J connectivity index is 0.00000264. The minimum atomic E-state index is -0.552. The minimum Gasteiger partial charge on any atom is -0.493 e. The monoisotopic (exact) mass is 344 g/mol. The minimum absolute atomic E-state index is 0. The third-order valence-electron chi connectivity index (χ3n) is 4.04. The molecule has 0 spiro atoms. The summed E-state index contributed by atoms with van der Waals surface area (Å²) in [5.74, 6) is 1.18. The number of nitrogens with two attached hydrogens (primary N) is 1. The molecule has 0 atom stereocenters. The average molecular weight is 345 g/mol. The summed E-state index contributed by atoms with van der Waals surface area (Å²) >= 11 is 0. The summed E-state index contributed by atoms with van der Waals surface area (Å²) in [6, 6.07) is 5.35. The highest BCUT2D eigenvalue weighted by Gasteiger charge is 2.38. The first kappa shape index (κ1) is 19.5. The second-order valence-corrected chi connectivity index (χ2v) is 5.35. The zero-order chi connectivity index (χ0) is 16.0. The van der Waals surface area contributed by atoms with E-state index in [1.807, 2.05) is 6.92 Å². The summed E-state index contributed by atoms with van der Waals surface area (Å²) in [6.07, 6.45) is 1.28. The van der Waals surface area contributed by atoms with E-state index in [1.54, 1.807) is 25.3 Å². The molecule has 0 saturated carbocycles. The maximum absolute atomic E-state index is 12.6. The number of rotatable bonds is 6. The molecule has 0 aliphatic carbocycles. The molecule has 1 heterocycles. The maximum Gasteiger partial charge on any atom is 0.232 e. The molecule has 130 valence electrons. The smallest absolute Gasteiger partial charge is 0.232 e. The van der Waals surface area contributed by atoms with Gasteiger partial charge in [-0.05, 0) is 31.9 Å². The Morgan fingerprint density at radius 3 is 2.61 bits per heavy atom. The van der Waals surface area contributed by atoms with Crippen LogP contribution < -0.4 is 20.5 Å². The Labute approximate surface area is 143 Å². The van der Waals surface area contributed by atoms with E-state index >= 15 is 0 Å². The lowest BCUT2D eigenvalue weighted by atomic mass is 9.79. The second kappa shape index (κ2) is 8.96. The predicted octanol–water partition coefficient (Wildman–Crippen LogP) is 2.21. The van der Waals surface area contributed by atoms with Crippen LogP contribution in [0.1, 0.15) is 19.8 Å². The van der Waals surface area contributed by atoms with Gasteiger partial charge in [-0.25, -0.2) is 0 Å². The molecule has 1 aliphatic heterocycles. The summed E-state index contributed by atoms with van der Waals surface area (Å²) in [6.45, 7) is 3.91. The van der Waals surface area contributed by atoms with Crippen LogP contribution in [0.15, 0.2) is 18.2 Å². The molecule has 1 fully saturated rings. The van der Waals surface area contributed by atoms with E-state index < -0.39 is 5.41 Å². The van der Waals surface area contributed by atoms with Crippen LogP contribution in [0.3, 0.4) is 0 Å². The second-order valence-electron chi connectivity index (χ2n) is 5.35. The molecule has 1 amide bonds. The molecule has 0 bridgehead atoms.